The van der Waals surface area contributed by atoms with Crippen LogP contribution in [0.5, 0.6) is 5.75 Å². The number of unbranched alkanes of at least 4 members (excludes halogenated alkanes) is 2. The van der Waals surface area contributed by atoms with Gasteiger partial charge in [-0.05, 0) is 37.6 Å². The molecule has 0 spiro atoms. The first-order chi connectivity index (χ1) is 10.1. The lowest BCUT2D eigenvalue weighted by molar-refractivity contribution is -0.158. The van der Waals surface area contributed by atoms with Crippen LogP contribution in [0, 0.1) is 0 Å². The molecule has 0 aliphatic heterocycles. The van der Waals surface area contributed by atoms with Gasteiger partial charge in [0.1, 0.15) is 5.75 Å². The van der Waals surface area contributed by atoms with Gasteiger partial charge in [-0.25, -0.2) is 4.79 Å². The zero-order valence-electron chi connectivity index (χ0n) is 12.6. The molecule has 0 saturated carbocycles. The largest absolute Gasteiger partial charge is 0.455 e. The van der Waals surface area contributed by atoms with E-state index < -0.39 is 12.3 Å². The van der Waals surface area contributed by atoms with Crippen molar-refractivity contribution < 1.29 is 19.1 Å². The average molecular weight is 290 g/mol. The third-order valence-electron chi connectivity index (χ3n) is 2.99. The number of ketones is 1. The van der Waals surface area contributed by atoms with Crippen LogP contribution in [0.1, 0.15) is 49.9 Å². The Hall–Kier alpha value is -2.10. The molecule has 0 heterocycles. The van der Waals surface area contributed by atoms with E-state index in [1.165, 1.54) is 6.92 Å². The number of ether oxygens (including phenoxy) is 2. The van der Waals surface area contributed by atoms with Crippen LogP contribution < -0.4 is 4.74 Å². The Bertz CT molecular complexity index is 476. The molecule has 0 N–H and O–H groups in total. The van der Waals surface area contributed by atoms with Gasteiger partial charge in [-0.2, -0.15) is 0 Å². The molecule has 1 aromatic rings. The predicted molar refractivity (Wildman–Crippen MR) is 81.3 cm³/mol. The quantitative estimate of drug-likeness (QED) is 0.227. The maximum Gasteiger partial charge on any atom is 0.333 e. The fraction of sp³-hybridized carbons (Fsp3) is 0.412. The maximum absolute atomic E-state index is 11.3. The molecule has 0 amide bonds. The van der Waals surface area contributed by atoms with Gasteiger partial charge < -0.3 is 9.47 Å². The summed E-state index contributed by atoms with van der Waals surface area (Å²) in [7, 11) is 0. The van der Waals surface area contributed by atoms with Crippen LogP contribution in [0.3, 0.4) is 0 Å². The fourth-order valence-electron chi connectivity index (χ4n) is 1.80. The standard InChI is InChI=1S/C17H22O4/c1-4-6-7-8-17(21-16(19)5-2)20-15-11-9-14(10-12-15)13(3)18/h5,9-12,17H,2,4,6-8H2,1,3H3. The Morgan fingerprint density at radius 2 is 1.90 bits per heavy atom. The second-order valence-electron chi connectivity index (χ2n) is 4.76. The van der Waals surface area contributed by atoms with Crippen molar-refractivity contribution in [3.05, 3.63) is 42.5 Å². The summed E-state index contributed by atoms with van der Waals surface area (Å²) < 4.78 is 10.8. The SMILES string of the molecule is C=CC(=O)OC(CCCCC)Oc1ccc(C(C)=O)cc1. The van der Waals surface area contributed by atoms with Crippen molar-refractivity contribution in [1.29, 1.82) is 0 Å². The third-order valence-corrected chi connectivity index (χ3v) is 2.99. The smallest absolute Gasteiger partial charge is 0.333 e. The van der Waals surface area contributed by atoms with Gasteiger partial charge in [0, 0.05) is 18.1 Å². The molecule has 0 aliphatic rings. The molecule has 4 heteroatoms. The van der Waals surface area contributed by atoms with Gasteiger partial charge in [-0.3, -0.25) is 4.79 Å². The molecule has 0 fully saturated rings. The Balaban J connectivity index is 2.67. The highest BCUT2D eigenvalue weighted by atomic mass is 16.7. The van der Waals surface area contributed by atoms with E-state index in [9.17, 15) is 9.59 Å². The van der Waals surface area contributed by atoms with Crippen molar-refractivity contribution in [3.8, 4) is 5.75 Å². The lowest BCUT2D eigenvalue weighted by atomic mass is 10.1. The fourth-order valence-corrected chi connectivity index (χ4v) is 1.80. The summed E-state index contributed by atoms with van der Waals surface area (Å²) in [6.45, 7) is 6.99. The molecule has 1 rings (SSSR count). The summed E-state index contributed by atoms with van der Waals surface area (Å²) in [4.78, 5) is 22.5. The number of hydrogen-bond acceptors (Lipinski definition) is 4. The zero-order chi connectivity index (χ0) is 15.7. The van der Waals surface area contributed by atoms with Gasteiger partial charge in [0.15, 0.2) is 5.78 Å². The second kappa shape index (κ2) is 8.95. The molecule has 0 radical (unpaired) electrons. The first-order valence-corrected chi connectivity index (χ1v) is 7.17. The first-order valence-electron chi connectivity index (χ1n) is 7.17. The molecule has 0 aromatic heterocycles. The van der Waals surface area contributed by atoms with E-state index in [2.05, 4.69) is 13.5 Å². The summed E-state index contributed by atoms with van der Waals surface area (Å²) in [5, 5.41) is 0. The lowest BCUT2D eigenvalue weighted by Crippen LogP contribution is -2.23. The van der Waals surface area contributed by atoms with E-state index in [-0.39, 0.29) is 5.78 Å². The molecule has 0 saturated heterocycles. The Kier molecular flexibility index (Phi) is 7.23. The average Bonchev–Trinajstić information content (AvgIpc) is 2.47. The molecule has 21 heavy (non-hydrogen) atoms. The highest BCUT2D eigenvalue weighted by Crippen LogP contribution is 2.17. The van der Waals surface area contributed by atoms with Crippen molar-refractivity contribution in [3.63, 3.8) is 0 Å². The van der Waals surface area contributed by atoms with Gasteiger partial charge in [-0.1, -0.05) is 26.3 Å². The summed E-state index contributed by atoms with van der Waals surface area (Å²) in [5.41, 5.74) is 0.618. The maximum atomic E-state index is 11.3. The highest BCUT2D eigenvalue weighted by Gasteiger charge is 2.14. The molecule has 1 atom stereocenters. The van der Waals surface area contributed by atoms with Gasteiger partial charge in [0.25, 0.3) is 0 Å². The number of esters is 1. The van der Waals surface area contributed by atoms with Crippen LogP contribution in [-0.2, 0) is 9.53 Å². The molecular weight excluding hydrogens is 268 g/mol. The molecular formula is C17H22O4. The molecule has 114 valence electrons. The van der Waals surface area contributed by atoms with Gasteiger partial charge in [0.2, 0.25) is 6.29 Å². The minimum absolute atomic E-state index is 0.000805. The lowest BCUT2D eigenvalue weighted by Gasteiger charge is -2.18. The number of carbonyl (C=O) groups excluding carboxylic acids is 2. The van der Waals surface area contributed by atoms with E-state index >= 15 is 0 Å². The molecule has 0 bridgehead atoms. The zero-order valence-corrected chi connectivity index (χ0v) is 12.6. The molecule has 4 nitrogen and oxygen atoms in total. The van der Waals surface area contributed by atoms with E-state index in [0.717, 1.165) is 25.3 Å². The summed E-state index contributed by atoms with van der Waals surface area (Å²) in [6, 6.07) is 6.78. The van der Waals surface area contributed by atoms with Crippen molar-refractivity contribution in [2.45, 2.75) is 45.8 Å². The van der Waals surface area contributed by atoms with Gasteiger partial charge in [-0.15, -0.1) is 0 Å². The second-order valence-corrected chi connectivity index (χ2v) is 4.76. The molecule has 1 unspecified atom stereocenters. The predicted octanol–water partition coefficient (Wildman–Crippen LogP) is 3.90. The monoisotopic (exact) mass is 290 g/mol. The van der Waals surface area contributed by atoms with Crippen molar-refractivity contribution in [1.82, 2.24) is 0 Å². The van der Waals surface area contributed by atoms with Crippen molar-refractivity contribution in [2.75, 3.05) is 0 Å². The van der Waals surface area contributed by atoms with Crippen LogP contribution in [0.15, 0.2) is 36.9 Å². The third kappa shape index (κ3) is 6.25. The van der Waals surface area contributed by atoms with Gasteiger partial charge >= 0.3 is 5.97 Å². The number of rotatable bonds is 9. The molecule has 0 aliphatic carbocycles. The summed E-state index contributed by atoms with van der Waals surface area (Å²) in [6.07, 6.45) is 4.16. The first kappa shape index (κ1) is 17.0. The van der Waals surface area contributed by atoms with Crippen LogP contribution in [0.25, 0.3) is 0 Å². The highest BCUT2D eigenvalue weighted by molar-refractivity contribution is 5.94. The number of carbonyl (C=O) groups is 2. The van der Waals surface area contributed by atoms with E-state index in [1.807, 2.05) is 0 Å². The van der Waals surface area contributed by atoms with Crippen LogP contribution in [-0.4, -0.2) is 18.0 Å². The number of Topliss-reactive ketones (excluding diaryl/α,β-unsaturated/α-hetero) is 1. The minimum atomic E-state index is -0.634. The van der Waals surface area contributed by atoms with Crippen molar-refractivity contribution >= 4 is 11.8 Å². The topological polar surface area (TPSA) is 52.6 Å². The normalized spacial score (nSPS) is 11.5. The van der Waals surface area contributed by atoms with Crippen molar-refractivity contribution in [2.24, 2.45) is 0 Å². The number of hydrogen-bond donors (Lipinski definition) is 0. The van der Waals surface area contributed by atoms with Gasteiger partial charge in [0.05, 0.1) is 0 Å². The van der Waals surface area contributed by atoms with E-state index in [4.69, 9.17) is 9.47 Å². The van der Waals surface area contributed by atoms with Crippen LogP contribution in [0.4, 0.5) is 0 Å². The summed E-state index contributed by atoms with van der Waals surface area (Å²) >= 11 is 0. The number of benzene rings is 1. The summed E-state index contributed by atoms with van der Waals surface area (Å²) in [5.74, 6) is 0.0642. The Morgan fingerprint density at radius 1 is 1.24 bits per heavy atom. The Morgan fingerprint density at radius 3 is 2.43 bits per heavy atom. The van der Waals surface area contributed by atoms with E-state index in [0.29, 0.717) is 17.7 Å². The van der Waals surface area contributed by atoms with Crippen LogP contribution in [0.2, 0.25) is 0 Å². The minimum Gasteiger partial charge on any atom is -0.455 e. The molecule has 1 aromatic carbocycles. The van der Waals surface area contributed by atoms with E-state index in [1.54, 1.807) is 24.3 Å². The van der Waals surface area contributed by atoms with Crippen LogP contribution >= 0.6 is 0 Å². The Labute approximate surface area is 125 Å².